The van der Waals surface area contributed by atoms with Gasteiger partial charge in [0.2, 0.25) is 0 Å². The summed E-state index contributed by atoms with van der Waals surface area (Å²) in [7, 11) is 0. The van der Waals surface area contributed by atoms with Crippen molar-refractivity contribution in [3.05, 3.63) is 250 Å². The van der Waals surface area contributed by atoms with E-state index >= 15 is 0 Å². The predicted molar refractivity (Wildman–Crippen MR) is 279 cm³/mol. The van der Waals surface area contributed by atoms with Gasteiger partial charge in [0.25, 0.3) is 0 Å². The van der Waals surface area contributed by atoms with E-state index in [1.807, 2.05) is 24.3 Å². The van der Waals surface area contributed by atoms with Gasteiger partial charge in [0.15, 0.2) is 0 Å². The second-order valence-corrected chi connectivity index (χ2v) is 25.8. The van der Waals surface area contributed by atoms with Crippen LogP contribution in [0.15, 0.2) is 228 Å². The Balaban J connectivity index is 0.000000231. The molecule has 0 spiro atoms. The van der Waals surface area contributed by atoms with Gasteiger partial charge < -0.3 is 24.8 Å². The van der Waals surface area contributed by atoms with Crippen molar-refractivity contribution in [3.63, 3.8) is 0 Å². The molecule has 0 aromatic heterocycles. The maximum atomic E-state index is 2.64. The number of benzene rings is 8. The van der Waals surface area contributed by atoms with Crippen LogP contribution in [0.4, 0.5) is 0 Å². The first-order valence-corrected chi connectivity index (χ1v) is 27.3. The van der Waals surface area contributed by atoms with Crippen molar-refractivity contribution < 1.29 is 46.1 Å². The minimum Gasteiger partial charge on any atom is -1.00 e. The number of halogens is 2. The Morgan fingerprint density at radius 3 is 0.955 bits per heavy atom. The monoisotopic (exact) mass is 990 g/mol. The molecule has 8 aromatic rings. The minimum absolute atomic E-state index is 0. The minimum atomic E-state index is -2.22. The zero-order chi connectivity index (χ0) is 45.4. The summed E-state index contributed by atoms with van der Waals surface area (Å²) in [4.78, 5) is 0. The summed E-state index contributed by atoms with van der Waals surface area (Å²) in [5.74, 6) is 0. The maximum absolute atomic E-state index is 2.64. The molecule has 3 heteroatoms. The van der Waals surface area contributed by atoms with Crippen LogP contribution in [0.2, 0.25) is 0 Å². The van der Waals surface area contributed by atoms with Crippen LogP contribution in [0.1, 0.15) is 80.8 Å². The van der Waals surface area contributed by atoms with Gasteiger partial charge in [-0.3, -0.25) is 0 Å². The van der Waals surface area contributed by atoms with E-state index < -0.39 is 21.3 Å². The Kier molecular flexibility index (Phi) is 17.5. The molecule has 0 nitrogen and oxygen atoms in total. The molecule has 0 radical (unpaired) electrons. The molecule has 336 valence electrons. The maximum Gasteiger partial charge on any atom is -0.0184 e. The molecule has 2 aliphatic carbocycles. The summed E-state index contributed by atoms with van der Waals surface area (Å²) in [5, 5.41) is 0. The summed E-state index contributed by atoms with van der Waals surface area (Å²) in [5.41, 5.74) is 19.5. The Bertz CT molecular complexity index is 2670. The van der Waals surface area contributed by atoms with Crippen molar-refractivity contribution in [3.8, 4) is 55.6 Å². The molecular weight excluding hydrogens is 931 g/mol. The van der Waals surface area contributed by atoms with Gasteiger partial charge in [0.1, 0.15) is 0 Å². The van der Waals surface area contributed by atoms with Crippen molar-refractivity contribution in [1.29, 1.82) is 0 Å². The van der Waals surface area contributed by atoms with Gasteiger partial charge in [-0.15, -0.1) is 0 Å². The van der Waals surface area contributed by atoms with Gasteiger partial charge >= 0.3 is 256 Å². The summed E-state index contributed by atoms with van der Waals surface area (Å²) >= 11 is -2.22. The second-order valence-electron chi connectivity index (χ2n) is 19.2. The molecule has 0 N–H and O–H groups in total. The molecule has 0 heterocycles. The first-order chi connectivity index (χ1) is 31.5. The molecule has 0 unspecified atom stereocenters. The van der Waals surface area contributed by atoms with Crippen molar-refractivity contribution in [2.24, 2.45) is 0 Å². The van der Waals surface area contributed by atoms with E-state index in [2.05, 4.69) is 252 Å². The SMILES string of the molecule is C/[CH]=[Zr+2](\[C]1=CC=CC1)[CH]1c2cc(-c3ccccc3)c(C(C)(C)C)cc2-c2cc(C(C)(C)C)c(-c3ccccc3)cc21.[Cl-].[Cl-].c1ccc(-c2ccccc2)cc1.c1ccc(-c2ccccc2)cc1. The Hall–Kier alpha value is -5.43. The summed E-state index contributed by atoms with van der Waals surface area (Å²) in [6.07, 6.45) is 8.20. The van der Waals surface area contributed by atoms with E-state index in [1.165, 1.54) is 66.8 Å². The fourth-order valence-electron chi connectivity index (χ4n) is 9.35. The van der Waals surface area contributed by atoms with Crippen LogP contribution in [0.5, 0.6) is 0 Å². The first kappa shape index (κ1) is 51.0. The molecule has 10 rings (SSSR count). The van der Waals surface area contributed by atoms with Gasteiger partial charge in [-0.2, -0.15) is 0 Å². The number of allylic oxidation sites excluding steroid dienone is 4. The average molecular weight is 993 g/mol. The quantitative estimate of drug-likeness (QED) is 0.156. The molecule has 0 saturated carbocycles. The van der Waals surface area contributed by atoms with Crippen LogP contribution in [0, 0.1) is 0 Å². The van der Waals surface area contributed by atoms with Crippen LogP contribution in [-0.2, 0) is 32.1 Å². The molecule has 2 aliphatic rings. The van der Waals surface area contributed by atoms with Gasteiger partial charge in [-0.1, -0.05) is 121 Å². The molecular formula is C64H62Cl2Zr. The van der Waals surface area contributed by atoms with Gasteiger partial charge in [0, 0.05) is 0 Å². The zero-order valence-electron chi connectivity index (χ0n) is 40.0. The third-order valence-corrected chi connectivity index (χ3v) is 19.9. The van der Waals surface area contributed by atoms with E-state index in [9.17, 15) is 0 Å². The van der Waals surface area contributed by atoms with Crippen LogP contribution in [-0.4, -0.2) is 3.71 Å². The van der Waals surface area contributed by atoms with E-state index in [0.29, 0.717) is 3.63 Å². The van der Waals surface area contributed by atoms with Crippen molar-refractivity contribution in [1.82, 2.24) is 0 Å². The molecule has 0 amide bonds. The summed E-state index contributed by atoms with van der Waals surface area (Å²) < 4.78 is 4.83. The van der Waals surface area contributed by atoms with Crippen molar-refractivity contribution in [2.75, 3.05) is 0 Å². The Morgan fingerprint density at radius 1 is 0.403 bits per heavy atom. The van der Waals surface area contributed by atoms with Crippen molar-refractivity contribution in [2.45, 2.75) is 69.3 Å². The average Bonchev–Trinajstić information content (AvgIpc) is 3.99. The molecule has 67 heavy (non-hydrogen) atoms. The van der Waals surface area contributed by atoms with Crippen LogP contribution < -0.4 is 24.8 Å². The summed E-state index contributed by atoms with van der Waals surface area (Å²) in [6, 6.07) is 74.0. The largest absolute Gasteiger partial charge is 1.00 e. The van der Waals surface area contributed by atoms with E-state index in [1.54, 1.807) is 14.4 Å². The van der Waals surface area contributed by atoms with Crippen LogP contribution in [0.3, 0.4) is 0 Å². The Morgan fingerprint density at radius 2 is 0.701 bits per heavy atom. The topological polar surface area (TPSA) is 0 Å². The predicted octanol–water partition coefficient (Wildman–Crippen LogP) is 11.7. The number of rotatable bonds is 6. The normalized spacial score (nSPS) is 12.5. The Labute approximate surface area is 421 Å². The summed E-state index contributed by atoms with van der Waals surface area (Å²) in [6.45, 7) is 16.5. The van der Waals surface area contributed by atoms with Gasteiger partial charge in [-0.05, 0) is 22.3 Å². The fourth-order valence-corrected chi connectivity index (χ4v) is 16.4. The molecule has 0 aliphatic heterocycles. The van der Waals surface area contributed by atoms with Crippen molar-refractivity contribution >= 4 is 3.71 Å². The smallest absolute Gasteiger partial charge is 0.0184 e. The molecule has 0 bridgehead atoms. The van der Waals surface area contributed by atoms with E-state index in [4.69, 9.17) is 0 Å². The molecule has 8 aromatic carbocycles. The van der Waals surface area contributed by atoms with Gasteiger partial charge in [-0.25, -0.2) is 0 Å². The third-order valence-electron chi connectivity index (χ3n) is 12.6. The molecule has 0 fully saturated rings. The number of hydrogen-bond donors (Lipinski definition) is 0. The molecule has 0 saturated heterocycles. The van der Waals surface area contributed by atoms with E-state index in [-0.39, 0.29) is 35.6 Å². The third kappa shape index (κ3) is 12.0. The fraction of sp³-hybridized carbons (Fsp3) is 0.172. The zero-order valence-corrected chi connectivity index (χ0v) is 43.9. The number of fused-ring (bicyclic) bond motifs is 3. The van der Waals surface area contributed by atoms with Gasteiger partial charge in [0.05, 0.1) is 0 Å². The molecule has 0 atom stereocenters. The first-order valence-electron chi connectivity index (χ1n) is 23.2. The number of hydrogen-bond acceptors (Lipinski definition) is 0. The standard InChI is InChI=1S/C33H33.2C12H10.C5H5.C2H4.2ClH.Zr/c1-32(2,3)30-20-26-24(18-28(30)22-13-9-7-10-14-22)17-25-19-29(23-15-11-8-12-16-23)31(21-27(25)26)33(4,5)6;2*1-3-7-11(8-4-1)12-9-5-2-6-10-12;1-2-4-5-3-1;1-2;;;/h7-21H,1-6H3;2*1-10H;1-3H,4H2;1H,2H3;2*1H;/q;;;;;;;+2/p-2. The van der Waals surface area contributed by atoms with Crippen LogP contribution >= 0.6 is 0 Å². The van der Waals surface area contributed by atoms with Crippen LogP contribution in [0.25, 0.3) is 55.6 Å². The second kappa shape index (κ2) is 23.0. The van der Waals surface area contributed by atoms with E-state index in [0.717, 1.165) is 6.42 Å².